The Kier molecular flexibility index (Phi) is 6.13. The van der Waals surface area contributed by atoms with Crippen molar-refractivity contribution in [3.63, 3.8) is 0 Å². The fraction of sp³-hybridized carbons (Fsp3) is 0.400. The quantitative estimate of drug-likeness (QED) is 0.812. The molecule has 0 radical (unpaired) electrons. The van der Waals surface area contributed by atoms with Gasteiger partial charge in [-0.05, 0) is 43.8 Å². The number of nitrogens with zero attached hydrogens (tertiary/aromatic N) is 2. The molecule has 0 saturated carbocycles. The predicted octanol–water partition coefficient (Wildman–Crippen LogP) is 1.77. The summed E-state index contributed by atoms with van der Waals surface area (Å²) >= 11 is 0. The molecule has 144 valence electrons. The Labute approximate surface area is 159 Å². The van der Waals surface area contributed by atoms with E-state index in [0.717, 1.165) is 12.2 Å². The van der Waals surface area contributed by atoms with Crippen molar-refractivity contribution in [2.75, 3.05) is 33.7 Å². The third-order valence-corrected chi connectivity index (χ3v) is 4.83. The normalized spacial score (nSPS) is 14.6. The summed E-state index contributed by atoms with van der Waals surface area (Å²) in [6, 6.07) is 11.4. The molecule has 3 rings (SSSR count). The summed E-state index contributed by atoms with van der Waals surface area (Å²) in [5.41, 5.74) is 2.47. The van der Waals surface area contributed by atoms with Gasteiger partial charge in [0, 0.05) is 19.6 Å². The minimum Gasteiger partial charge on any atom is -0.468 e. The number of rotatable bonds is 6. The molecule has 0 saturated heterocycles. The van der Waals surface area contributed by atoms with Crippen LogP contribution in [0.5, 0.6) is 0 Å². The minimum atomic E-state index is -0.362. The highest BCUT2D eigenvalue weighted by Crippen LogP contribution is 2.18. The molecular weight excluding hydrogens is 344 g/mol. The van der Waals surface area contributed by atoms with Crippen LogP contribution in [0.25, 0.3) is 0 Å². The van der Waals surface area contributed by atoms with Gasteiger partial charge in [-0.25, -0.2) is 4.79 Å². The van der Waals surface area contributed by atoms with E-state index < -0.39 is 0 Å². The number of carbonyl (C=O) groups excluding carboxylic acids is 2. The van der Waals surface area contributed by atoms with Gasteiger partial charge in [0.1, 0.15) is 5.76 Å². The zero-order valence-electron chi connectivity index (χ0n) is 15.8. The van der Waals surface area contributed by atoms with Gasteiger partial charge in [-0.1, -0.05) is 24.3 Å². The van der Waals surface area contributed by atoms with Crippen molar-refractivity contribution in [1.29, 1.82) is 0 Å². The number of amides is 3. The van der Waals surface area contributed by atoms with Crippen LogP contribution in [0.4, 0.5) is 4.79 Å². The Hall–Kier alpha value is -2.80. The number of benzene rings is 1. The second kappa shape index (κ2) is 8.73. The average molecular weight is 370 g/mol. The summed E-state index contributed by atoms with van der Waals surface area (Å²) in [7, 11) is 3.84. The van der Waals surface area contributed by atoms with Crippen LogP contribution in [-0.2, 0) is 17.8 Å². The molecule has 27 heavy (non-hydrogen) atoms. The molecule has 0 fully saturated rings. The van der Waals surface area contributed by atoms with E-state index in [1.807, 2.05) is 49.3 Å². The molecule has 2 N–H and O–H groups in total. The predicted molar refractivity (Wildman–Crippen MR) is 102 cm³/mol. The molecule has 1 aromatic carbocycles. The van der Waals surface area contributed by atoms with Crippen LogP contribution < -0.4 is 10.6 Å². The van der Waals surface area contributed by atoms with Crippen molar-refractivity contribution in [2.45, 2.75) is 19.0 Å². The van der Waals surface area contributed by atoms with Crippen molar-refractivity contribution >= 4 is 11.9 Å². The fourth-order valence-corrected chi connectivity index (χ4v) is 3.25. The number of nitrogens with one attached hydrogen (secondary N) is 2. The van der Waals surface area contributed by atoms with E-state index in [4.69, 9.17) is 4.42 Å². The maximum absolute atomic E-state index is 12.4. The molecule has 0 spiro atoms. The second-order valence-corrected chi connectivity index (χ2v) is 6.89. The number of likely N-dealkylation sites (N-methyl/N-ethyl adjacent to an activating group) is 1. The lowest BCUT2D eigenvalue weighted by atomic mass is 10.00. The largest absolute Gasteiger partial charge is 0.468 e. The molecule has 1 aliphatic rings. The Balaban J connectivity index is 1.44. The highest BCUT2D eigenvalue weighted by atomic mass is 16.3. The minimum absolute atomic E-state index is 0.0125. The number of hydrogen-bond donors (Lipinski definition) is 2. The molecule has 0 aliphatic carbocycles. The summed E-state index contributed by atoms with van der Waals surface area (Å²) in [6.45, 7) is 1.65. The summed E-state index contributed by atoms with van der Waals surface area (Å²) in [5.74, 6) is 0.707. The molecule has 2 aromatic rings. The molecule has 1 atom stereocenters. The van der Waals surface area contributed by atoms with Gasteiger partial charge < -0.3 is 20.0 Å². The lowest BCUT2D eigenvalue weighted by Gasteiger charge is -2.29. The zero-order chi connectivity index (χ0) is 19.2. The van der Waals surface area contributed by atoms with Crippen molar-refractivity contribution in [1.82, 2.24) is 20.4 Å². The van der Waals surface area contributed by atoms with Crippen LogP contribution in [-0.4, -0.2) is 55.5 Å². The lowest BCUT2D eigenvalue weighted by molar-refractivity contribution is -0.131. The first-order chi connectivity index (χ1) is 13.0. The summed E-state index contributed by atoms with van der Waals surface area (Å²) in [4.78, 5) is 28.2. The Morgan fingerprint density at radius 2 is 1.93 bits per heavy atom. The smallest absolute Gasteiger partial charge is 0.315 e. The van der Waals surface area contributed by atoms with Gasteiger partial charge in [0.25, 0.3) is 0 Å². The average Bonchev–Trinajstić information content (AvgIpc) is 3.20. The zero-order valence-corrected chi connectivity index (χ0v) is 15.8. The first kappa shape index (κ1) is 19.0. The molecule has 1 aliphatic heterocycles. The van der Waals surface area contributed by atoms with Gasteiger partial charge in [-0.3, -0.25) is 9.69 Å². The van der Waals surface area contributed by atoms with Gasteiger partial charge >= 0.3 is 6.03 Å². The van der Waals surface area contributed by atoms with Gasteiger partial charge in [-0.2, -0.15) is 0 Å². The highest BCUT2D eigenvalue weighted by Gasteiger charge is 2.21. The monoisotopic (exact) mass is 370 g/mol. The third kappa shape index (κ3) is 4.89. The van der Waals surface area contributed by atoms with Crippen LogP contribution in [0, 0.1) is 0 Å². The number of fused-ring (bicyclic) bond motifs is 1. The summed E-state index contributed by atoms with van der Waals surface area (Å²) < 4.78 is 5.42. The van der Waals surface area contributed by atoms with Crippen LogP contribution in [0.1, 0.15) is 22.9 Å². The van der Waals surface area contributed by atoms with E-state index in [1.165, 1.54) is 11.1 Å². The van der Waals surface area contributed by atoms with E-state index in [0.29, 0.717) is 19.6 Å². The molecule has 7 nitrogen and oxygen atoms in total. The van der Waals surface area contributed by atoms with Crippen molar-refractivity contribution in [2.24, 2.45) is 0 Å². The standard InChI is InChI=1S/C20H26N4O3/c1-23(2)17(18-8-5-11-27-18)12-21-20(26)22-13-19(25)24-10-9-15-6-3-4-7-16(15)14-24/h3-8,11,17H,9-10,12-14H2,1-2H3,(H2,21,22,26). The van der Waals surface area contributed by atoms with E-state index in [1.54, 1.807) is 11.2 Å². The SMILES string of the molecule is CN(C)C(CNC(=O)NCC(=O)N1CCc2ccccc2C1)c1ccco1. The van der Waals surface area contributed by atoms with E-state index in [-0.39, 0.29) is 24.5 Å². The molecule has 7 heteroatoms. The highest BCUT2D eigenvalue weighted by molar-refractivity contribution is 5.84. The molecule has 2 heterocycles. The first-order valence-corrected chi connectivity index (χ1v) is 9.10. The Morgan fingerprint density at radius 1 is 1.15 bits per heavy atom. The lowest BCUT2D eigenvalue weighted by Crippen LogP contribution is -2.46. The molecule has 1 aromatic heterocycles. The third-order valence-electron chi connectivity index (χ3n) is 4.83. The van der Waals surface area contributed by atoms with Crippen LogP contribution in [0.3, 0.4) is 0 Å². The molecule has 3 amide bonds. The van der Waals surface area contributed by atoms with Crippen LogP contribution in [0.15, 0.2) is 47.1 Å². The van der Waals surface area contributed by atoms with Crippen LogP contribution >= 0.6 is 0 Å². The maximum atomic E-state index is 12.4. The van der Waals surface area contributed by atoms with Gasteiger partial charge in [0.2, 0.25) is 5.91 Å². The van der Waals surface area contributed by atoms with E-state index >= 15 is 0 Å². The fourth-order valence-electron chi connectivity index (χ4n) is 3.25. The van der Waals surface area contributed by atoms with Crippen molar-refractivity contribution in [3.05, 3.63) is 59.5 Å². The first-order valence-electron chi connectivity index (χ1n) is 9.10. The number of carbonyl (C=O) groups is 2. The number of urea groups is 1. The summed E-state index contributed by atoms with van der Waals surface area (Å²) in [5, 5.41) is 5.46. The molecule has 0 bridgehead atoms. The van der Waals surface area contributed by atoms with Crippen molar-refractivity contribution < 1.29 is 14.0 Å². The molecule has 1 unspecified atom stereocenters. The Bertz CT molecular complexity index is 773. The van der Waals surface area contributed by atoms with Gasteiger partial charge in [0.15, 0.2) is 0 Å². The van der Waals surface area contributed by atoms with E-state index in [9.17, 15) is 9.59 Å². The topological polar surface area (TPSA) is 77.8 Å². The number of furan rings is 1. The second-order valence-electron chi connectivity index (χ2n) is 6.89. The van der Waals surface area contributed by atoms with Gasteiger partial charge in [-0.15, -0.1) is 0 Å². The van der Waals surface area contributed by atoms with E-state index in [2.05, 4.69) is 16.7 Å². The van der Waals surface area contributed by atoms with Crippen molar-refractivity contribution in [3.8, 4) is 0 Å². The maximum Gasteiger partial charge on any atom is 0.315 e. The Morgan fingerprint density at radius 3 is 2.63 bits per heavy atom. The summed E-state index contributed by atoms with van der Waals surface area (Å²) in [6.07, 6.45) is 2.46. The van der Waals surface area contributed by atoms with Gasteiger partial charge in [0.05, 0.1) is 18.8 Å². The molecular formula is C20H26N4O3. The number of hydrogen-bond acceptors (Lipinski definition) is 4. The van der Waals surface area contributed by atoms with Crippen LogP contribution in [0.2, 0.25) is 0 Å².